The topological polar surface area (TPSA) is 111 Å². The predicted octanol–water partition coefficient (Wildman–Crippen LogP) is 3.97. The number of nitrogens with zero attached hydrogens (tertiary/aromatic N) is 1. The van der Waals surface area contributed by atoms with E-state index < -0.39 is 23.6 Å². The zero-order valence-electron chi connectivity index (χ0n) is 25.4. The van der Waals surface area contributed by atoms with E-state index in [-0.39, 0.29) is 36.7 Å². The highest BCUT2D eigenvalue weighted by molar-refractivity contribution is 5.93. The smallest absolute Gasteiger partial charge is 0.243 e. The molecule has 232 valence electrons. The number of hydrogen-bond donors (Lipinski definition) is 4. The molecule has 0 bridgehead atoms. The number of carbonyl (C=O) groups is 3. The van der Waals surface area contributed by atoms with Gasteiger partial charge in [-0.05, 0) is 54.5 Å². The lowest BCUT2D eigenvalue weighted by Crippen LogP contribution is -2.55. The van der Waals surface area contributed by atoms with Crippen LogP contribution in [0.4, 0.5) is 0 Å². The fourth-order valence-electron chi connectivity index (χ4n) is 6.05. The van der Waals surface area contributed by atoms with Crippen LogP contribution < -0.4 is 16.0 Å². The summed E-state index contributed by atoms with van der Waals surface area (Å²) < 4.78 is 0. The van der Waals surface area contributed by atoms with Crippen LogP contribution in [0.15, 0.2) is 42.5 Å². The number of likely N-dealkylation sites (tertiary alicyclic amines) is 1. The van der Waals surface area contributed by atoms with Gasteiger partial charge in [0.1, 0.15) is 12.1 Å². The molecular weight excluding hydrogens is 552 g/mol. The van der Waals surface area contributed by atoms with Crippen molar-refractivity contribution in [2.75, 3.05) is 26.2 Å². The molecule has 3 amide bonds. The highest BCUT2D eigenvalue weighted by Crippen LogP contribution is 2.26. The van der Waals surface area contributed by atoms with Crippen LogP contribution in [0.25, 0.3) is 10.8 Å². The normalized spacial score (nSPS) is 19.1. The number of carbonyl (C=O) groups excluding carboxylic acids is 3. The largest absolute Gasteiger partial charge is 0.390 e. The molecule has 0 aromatic heterocycles. The zero-order valence-corrected chi connectivity index (χ0v) is 26.2. The molecule has 42 heavy (non-hydrogen) atoms. The third-order valence-corrected chi connectivity index (χ3v) is 8.39. The second-order valence-corrected chi connectivity index (χ2v) is 12.9. The van der Waals surface area contributed by atoms with Gasteiger partial charge in [0.05, 0.1) is 6.10 Å². The summed E-state index contributed by atoms with van der Waals surface area (Å²) >= 11 is 0. The molecule has 8 nitrogen and oxygen atoms in total. The van der Waals surface area contributed by atoms with Crippen molar-refractivity contribution in [2.45, 2.75) is 90.3 Å². The molecule has 1 aliphatic heterocycles. The Morgan fingerprint density at radius 3 is 2.38 bits per heavy atom. The minimum Gasteiger partial charge on any atom is -0.390 e. The molecule has 0 radical (unpaired) electrons. The fourth-order valence-corrected chi connectivity index (χ4v) is 6.05. The third kappa shape index (κ3) is 9.41. The molecule has 4 rings (SSSR count). The Morgan fingerprint density at radius 1 is 0.952 bits per heavy atom. The predicted molar refractivity (Wildman–Crippen MR) is 169 cm³/mol. The van der Waals surface area contributed by atoms with Gasteiger partial charge in [0, 0.05) is 31.5 Å². The van der Waals surface area contributed by atoms with Gasteiger partial charge in [-0.2, -0.15) is 0 Å². The standard InChI is InChI=1S/C33H48N4O4.ClH/c1-33(2,3)32(41)37-17-9-14-29(37)31(40)36-28(19-24-15-16-25-12-7-8-13-26(25)18-24)30(39)35-22-27(38)21-34-20-23-10-5-4-6-11-23;/h7-8,12-13,15-16,18,23,27-29,34,38H,4-6,9-11,14,17,19-22H2,1-3H3,(H,35,39)(H,36,40);1H/t27?,28-,29?;/m1./s1. The summed E-state index contributed by atoms with van der Waals surface area (Å²) in [4.78, 5) is 41.6. The molecular formula is C33H49ClN4O4. The molecule has 4 N–H and O–H groups in total. The van der Waals surface area contributed by atoms with Gasteiger partial charge in [0.2, 0.25) is 17.7 Å². The van der Waals surface area contributed by atoms with E-state index in [4.69, 9.17) is 0 Å². The Balaban J connectivity index is 0.00000484. The number of aliphatic hydroxyl groups excluding tert-OH is 1. The van der Waals surface area contributed by atoms with Crippen molar-refractivity contribution in [3.05, 3.63) is 48.0 Å². The summed E-state index contributed by atoms with van der Waals surface area (Å²) in [7, 11) is 0. The molecule has 2 aliphatic rings. The number of aliphatic hydroxyl groups is 1. The van der Waals surface area contributed by atoms with Crippen molar-refractivity contribution in [1.82, 2.24) is 20.9 Å². The van der Waals surface area contributed by atoms with E-state index in [1.54, 1.807) is 4.90 Å². The summed E-state index contributed by atoms with van der Waals surface area (Å²) in [5.74, 6) is -0.0535. The monoisotopic (exact) mass is 600 g/mol. The lowest BCUT2D eigenvalue weighted by molar-refractivity contribution is -0.145. The van der Waals surface area contributed by atoms with Gasteiger partial charge >= 0.3 is 0 Å². The van der Waals surface area contributed by atoms with Crippen molar-refractivity contribution in [3.63, 3.8) is 0 Å². The van der Waals surface area contributed by atoms with Crippen LogP contribution in [0, 0.1) is 11.3 Å². The SMILES string of the molecule is CC(C)(C)C(=O)N1CCCC1C(=O)N[C@H](Cc1ccc2ccccc2c1)C(=O)NCC(O)CNCC1CCCCC1.Cl. The van der Waals surface area contributed by atoms with Gasteiger partial charge in [0.25, 0.3) is 0 Å². The average molecular weight is 601 g/mol. The summed E-state index contributed by atoms with van der Waals surface area (Å²) in [5, 5.41) is 21.9. The minimum atomic E-state index is -0.835. The van der Waals surface area contributed by atoms with E-state index in [1.807, 2.05) is 63.2 Å². The van der Waals surface area contributed by atoms with Crippen LogP contribution in [0.3, 0.4) is 0 Å². The van der Waals surface area contributed by atoms with Crippen molar-refractivity contribution >= 4 is 40.9 Å². The number of benzene rings is 2. The number of fused-ring (bicyclic) bond motifs is 1. The molecule has 1 heterocycles. The second kappa shape index (κ2) is 15.7. The first-order valence-electron chi connectivity index (χ1n) is 15.4. The van der Waals surface area contributed by atoms with Gasteiger partial charge in [-0.25, -0.2) is 0 Å². The second-order valence-electron chi connectivity index (χ2n) is 12.9. The molecule has 2 aromatic carbocycles. The summed E-state index contributed by atoms with van der Waals surface area (Å²) in [6, 6.07) is 12.6. The Kier molecular flexibility index (Phi) is 12.6. The van der Waals surface area contributed by atoms with Crippen LogP contribution in [0.5, 0.6) is 0 Å². The maximum Gasteiger partial charge on any atom is 0.243 e. The van der Waals surface area contributed by atoms with E-state index in [1.165, 1.54) is 32.1 Å². The first-order valence-corrected chi connectivity index (χ1v) is 15.4. The van der Waals surface area contributed by atoms with Crippen LogP contribution in [0.2, 0.25) is 0 Å². The van der Waals surface area contributed by atoms with E-state index in [9.17, 15) is 19.5 Å². The first-order chi connectivity index (χ1) is 19.6. The van der Waals surface area contributed by atoms with Crippen molar-refractivity contribution < 1.29 is 19.5 Å². The lowest BCUT2D eigenvalue weighted by Gasteiger charge is -2.31. The molecule has 2 unspecified atom stereocenters. The van der Waals surface area contributed by atoms with E-state index in [2.05, 4.69) is 16.0 Å². The molecule has 2 fully saturated rings. The van der Waals surface area contributed by atoms with Crippen molar-refractivity contribution in [1.29, 1.82) is 0 Å². The quantitative estimate of drug-likeness (QED) is 0.312. The molecule has 2 aromatic rings. The molecule has 1 saturated carbocycles. The molecule has 9 heteroatoms. The Labute approximate surface area is 256 Å². The summed E-state index contributed by atoms with van der Waals surface area (Å²) in [5.41, 5.74) is 0.333. The van der Waals surface area contributed by atoms with Crippen molar-refractivity contribution in [2.24, 2.45) is 11.3 Å². The Hall–Kier alpha value is -2.68. The lowest BCUT2D eigenvalue weighted by atomic mass is 9.89. The van der Waals surface area contributed by atoms with Crippen LogP contribution in [0.1, 0.15) is 71.3 Å². The number of rotatable bonds is 11. The summed E-state index contributed by atoms with van der Waals surface area (Å²) in [6.45, 7) is 7.49. The maximum absolute atomic E-state index is 13.5. The highest BCUT2D eigenvalue weighted by atomic mass is 35.5. The number of halogens is 1. The Morgan fingerprint density at radius 2 is 1.67 bits per heavy atom. The molecule has 1 aliphatic carbocycles. The van der Waals surface area contributed by atoms with E-state index in [0.29, 0.717) is 31.8 Å². The van der Waals surface area contributed by atoms with Gasteiger partial charge in [-0.15, -0.1) is 12.4 Å². The number of amides is 3. The third-order valence-electron chi connectivity index (χ3n) is 8.39. The number of hydrogen-bond acceptors (Lipinski definition) is 5. The van der Waals surface area contributed by atoms with Crippen LogP contribution in [-0.2, 0) is 20.8 Å². The van der Waals surface area contributed by atoms with E-state index >= 15 is 0 Å². The van der Waals surface area contributed by atoms with Gasteiger partial charge in [-0.3, -0.25) is 14.4 Å². The first kappa shape index (κ1) is 33.8. The minimum absolute atomic E-state index is 0. The van der Waals surface area contributed by atoms with Gasteiger partial charge in [0.15, 0.2) is 0 Å². The Bertz CT molecular complexity index is 1190. The maximum atomic E-state index is 13.5. The molecule has 0 spiro atoms. The van der Waals surface area contributed by atoms with E-state index in [0.717, 1.165) is 29.3 Å². The average Bonchev–Trinajstić information content (AvgIpc) is 3.45. The van der Waals surface area contributed by atoms with Crippen LogP contribution >= 0.6 is 12.4 Å². The molecule has 3 atom stereocenters. The fraction of sp³-hybridized carbons (Fsp3) is 0.606. The summed E-state index contributed by atoms with van der Waals surface area (Å²) in [6.07, 6.45) is 7.23. The van der Waals surface area contributed by atoms with Gasteiger partial charge in [-0.1, -0.05) is 82.5 Å². The zero-order chi connectivity index (χ0) is 29.4. The van der Waals surface area contributed by atoms with Crippen LogP contribution in [-0.4, -0.2) is 72.1 Å². The number of nitrogens with one attached hydrogen (secondary N) is 3. The van der Waals surface area contributed by atoms with Gasteiger partial charge < -0.3 is 26.0 Å². The highest BCUT2D eigenvalue weighted by Gasteiger charge is 2.39. The molecule has 1 saturated heterocycles. The van der Waals surface area contributed by atoms with Crippen molar-refractivity contribution in [3.8, 4) is 0 Å².